The first-order valence-electron chi connectivity index (χ1n) is 2.03. The highest BCUT2D eigenvalue weighted by Crippen LogP contribution is 1.92. The number of hydrogen-bond donors (Lipinski definition) is 2. The molecule has 0 aromatic heterocycles. The number of carboxylic acids is 1. The van der Waals surface area contributed by atoms with Crippen LogP contribution in [0, 0.1) is 11.3 Å². The zero-order chi connectivity index (χ0) is 8.36. The molecule has 56 valence electrons. The summed E-state index contributed by atoms with van der Waals surface area (Å²) in [5, 5.41) is 18.2. The van der Waals surface area contributed by atoms with E-state index in [0.29, 0.717) is 0 Å². The molecule has 1 atom stereocenters. The quantitative estimate of drug-likeness (QED) is 0.501. The molecule has 0 radical (unpaired) electrons. The Bertz CT molecular complexity index is 273. The largest absolute Gasteiger partial charge is 0.479 e. The Balaban J connectivity index is 4.78. The molecule has 0 aliphatic heterocycles. The van der Waals surface area contributed by atoms with Gasteiger partial charge in [0.2, 0.25) is 10.0 Å². The van der Waals surface area contributed by atoms with Crippen molar-refractivity contribution in [3.05, 3.63) is 0 Å². The molecule has 0 amide bonds. The Hall–Kier alpha value is -1.13. The van der Waals surface area contributed by atoms with E-state index in [9.17, 15) is 13.2 Å². The van der Waals surface area contributed by atoms with E-state index in [1.165, 1.54) is 0 Å². The highest BCUT2D eigenvalue weighted by atomic mass is 32.2. The van der Waals surface area contributed by atoms with Crippen molar-refractivity contribution in [3.8, 4) is 6.07 Å². The third-order valence-electron chi connectivity index (χ3n) is 0.670. The third-order valence-corrected chi connectivity index (χ3v) is 1.63. The van der Waals surface area contributed by atoms with E-state index >= 15 is 0 Å². The van der Waals surface area contributed by atoms with Gasteiger partial charge in [-0.2, -0.15) is 5.26 Å². The van der Waals surface area contributed by atoms with Crippen LogP contribution in [-0.2, 0) is 14.8 Å². The standard InChI is InChI=1S/C3H4N2O4S/c4-1-2(3(6)7)10(5,8)9/h2H,(H,6,7)(H2,5,8,9). The van der Waals surface area contributed by atoms with E-state index in [4.69, 9.17) is 10.4 Å². The highest BCUT2D eigenvalue weighted by Gasteiger charge is 2.28. The molecule has 6 nitrogen and oxygen atoms in total. The van der Waals surface area contributed by atoms with Crippen LogP contribution < -0.4 is 5.14 Å². The van der Waals surface area contributed by atoms with Crippen LogP contribution in [0.5, 0.6) is 0 Å². The topological polar surface area (TPSA) is 121 Å². The van der Waals surface area contributed by atoms with Crippen molar-refractivity contribution in [3.63, 3.8) is 0 Å². The Kier molecular flexibility index (Phi) is 2.34. The summed E-state index contributed by atoms with van der Waals surface area (Å²) in [5.41, 5.74) is 0. The van der Waals surface area contributed by atoms with E-state index in [1.54, 1.807) is 0 Å². The van der Waals surface area contributed by atoms with Gasteiger partial charge in [0.1, 0.15) is 0 Å². The molecule has 0 aromatic rings. The summed E-state index contributed by atoms with van der Waals surface area (Å²) < 4.78 is 20.4. The molecular formula is C3H4N2O4S. The van der Waals surface area contributed by atoms with Crippen LogP contribution in [0.25, 0.3) is 0 Å². The zero-order valence-corrected chi connectivity index (χ0v) is 5.50. The molecule has 1 unspecified atom stereocenters. The van der Waals surface area contributed by atoms with E-state index in [1.807, 2.05) is 0 Å². The lowest BCUT2D eigenvalue weighted by molar-refractivity contribution is -0.135. The molecule has 0 saturated heterocycles. The number of carboxylic acid groups (broad SMARTS) is 1. The molecule has 0 aromatic carbocycles. The lowest BCUT2D eigenvalue weighted by Crippen LogP contribution is -2.33. The summed E-state index contributed by atoms with van der Waals surface area (Å²) >= 11 is 0. The molecule has 0 aliphatic carbocycles. The Morgan fingerprint density at radius 1 is 1.70 bits per heavy atom. The maximum atomic E-state index is 10.2. The summed E-state index contributed by atoms with van der Waals surface area (Å²) in [7, 11) is -4.27. The summed E-state index contributed by atoms with van der Waals surface area (Å²) in [5.74, 6) is -1.76. The summed E-state index contributed by atoms with van der Waals surface area (Å²) in [6, 6.07) is 1.03. The SMILES string of the molecule is N#CC(C(=O)O)S(N)(=O)=O. The molecule has 0 heterocycles. The number of sulfonamides is 1. The second-order valence-corrected chi connectivity index (χ2v) is 3.09. The predicted molar refractivity (Wildman–Crippen MR) is 30.1 cm³/mol. The summed E-state index contributed by atoms with van der Waals surface area (Å²) in [6.07, 6.45) is 0. The first-order chi connectivity index (χ1) is 4.39. The van der Waals surface area contributed by atoms with Gasteiger partial charge < -0.3 is 5.11 Å². The molecule has 0 bridgehead atoms. The van der Waals surface area contributed by atoms with Gasteiger partial charge >= 0.3 is 5.97 Å². The highest BCUT2D eigenvalue weighted by molar-refractivity contribution is 7.90. The number of aliphatic carboxylic acids is 1. The first-order valence-corrected chi connectivity index (χ1v) is 3.64. The molecule has 7 heteroatoms. The van der Waals surface area contributed by atoms with Gasteiger partial charge in [0.15, 0.2) is 0 Å². The van der Waals surface area contributed by atoms with E-state index in [0.717, 1.165) is 6.07 Å². The van der Waals surface area contributed by atoms with Gasteiger partial charge in [-0.15, -0.1) is 0 Å². The number of hydrogen-bond acceptors (Lipinski definition) is 4. The molecule has 0 spiro atoms. The van der Waals surface area contributed by atoms with Crippen molar-refractivity contribution in [2.45, 2.75) is 5.25 Å². The fraction of sp³-hybridized carbons (Fsp3) is 0.333. The third kappa shape index (κ3) is 2.00. The van der Waals surface area contributed by atoms with Crippen molar-refractivity contribution < 1.29 is 18.3 Å². The minimum atomic E-state index is -4.27. The summed E-state index contributed by atoms with van der Waals surface area (Å²) in [6.45, 7) is 0. The van der Waals surface area contributed by atoms with E-state index < -0.39 is 21.2 Å². The van der Waals surface area contributed by atoms with Gasteiger partial charge in [0.25, 0.3) is 5.25 Å². The molecule has 0 aliphatic rings. The molecule has 0 saturated carbocycles. The van der Waals surface area contributed by atoms with Gasteiger partial charge in [-0.05, 0) is 0 Å². The van der Waals surface area contributed by atoms with Crippen LogP contribution in [0.1, 0.15) is 0 Å². The van der Waals surface area contributed by atoms with Crippen molar-refractivity contribution in [1.82, 2.24) is 0 Å². The Morgan fingerprint density at radius 3 is 2.10 bits per heavy atom. The second-order valence-electron chi connectivity index (χ2n) is 1.44. The van der Waals surface area contributed by atoms with Crippen LogP contribution in [0.3, 0.4) is 0 Å². The fourth-order valence-electron chi connectivity index (χ4n) is 0.269. The molecule has 10 heavy (non-hydrogen) atoms. The number of primary sulfonamides is 1. The lowest BCUT2D eigenvalue weighted by Gasteiger charge is -1.97. The van der Waals surface area contributed by atoms with Crippen molar-refractivity contribution >= 4 is 16.0 Å². The van der Waals surface area contributed by atoms with Crippen molar-refractivity contribution in [2.75, 3.05) is 0 Å². The van der Waals surface area contributed by atoms with Crippen LogP contribution in [0.15, 0.2) is 0 Å². The lowest BCUT2D eigenvalue weighted by atomic mass is 10.5. The van der Waals surface area contributed by atoms with Crippen molar-refractivity contribution in [2.24, 2.45) is 5.14 Å². The predicted octanol–water partition coefficient (Wildman–Crippen LogP) is -1.75. The smallest absolute Gasteiger partial charge is 0.338 e. The second kappa shape index (κ2) is 2.64. The molecule has 3 N–H and O–H groups in total. The average Bonchev–Trinajstić information content (AvgIpc) is 1.60. The maximum absolute atomic E-state index is 10.2. The first kappa shape index (κ1) is 8.87. The summed E-state index contributed by atoms with van der Waals surface area (Å²) in [4.78, 5) is 9.90. The molecule has 0 rings (SSSR count). The molecular weight excluding hydrogens is 160 g/mol. The fourth-order valence-corrected chi connectivity index (χ4v) is 0.697. The number of nitriles is 1. The number of nitrogens with two attached hydrogens (primary N) is 1. The minimum absolute atomic E-state index is 1.03. The molecule has 0 fully saturated rings. The number of carbonyl (C=O) groups is 1. The van der Waals surface area contributed by atoms with E-state index in [2.05, 4.69) is 5.14 Å². The van der Waals surface area contributed by atoms with Crippen LogP contribution in [-0.4, -0.2) is 24.7 Å². The Morgan fingerprint density at radius 2 is 2.10 bits per heavy atom. The van der Waals surface area contributed by atoms with E-state index in [-0.39, 0.29) is 0 Å². The van der Waals surface area contributed by atoms with Crippen LogP contribution in [0.2, 0.25) is 0 Å². The van der Waals surface area contributed by atoms with Crippen LogP contribution in [0.4, 0.5) is 0 Å². The minimum Gasteiger partial charge on any atom is -0.479 e. The number of rotatable bonds is 2. The Labute approximate surface area is 56.9 Å². The van der Waals surface area contributed by atoms with Crippen molar-refractivity contribution in [1.29, 1.82) is 5.26 Å². The number of nitrogens with zero attached hydrogens (tertiary/aromatic N) is 1. The average molecular weight is 164 g/mol. The maximum Gasteiger partial charge on any atom is 0.338 e. The van der Waals surface area contributed by atoms with Gasteiger partial charge in [0, 0.05) is 0 Å². The monoisotopic (exact) mass is 164 g/mol. The van der Waals surface area contributed by atoms with Crippen LogP contribution >= 0.6 is 0 Å². The normalized spacial score (nSPS) is 13.6. The zero-order valence-electron chi connectivity index (χ0n) is 4.68. The van der Waals surface area contributed by atoms with Gasteiger partial charge in [-0.25, -0.2) is 18.4 Å². The van der Waals surface area contributed by atoms with Gasteiger partial charge in [-0.1, -0.05) is 0 Å². The van der Waals surface area contributed by atoms with Gasteiger partial charge in [-0.3, -0.25) is 0 Å². The van der Waals surface area contributed by atoms with Gasteiger partial charge in [0.05, 0.1) is 6.07 Å².